The van der Waals surface area contributed by atoms with Gasteiger partial charge >= 0.3 is 0 Å². The summed E-state index contributed by atoms with van der Waals surface area (Å²) in [6.07, 6.45) is 0. The Balaban J connectivity index is 2.71. The molecule has 0 bridgehead atoms. The van der Waals surface area contributed by atoms with E-state index in [1.165, 1.54) is 0 Å². The van der Waals surface area contributed by atoms with E-state index < -0.39 is 0 Å². The molecule has 0 saturated heterocycles. The maximum absolute atomic E-state index is 7.21. The second-order valence-corrected chi connectivity index (χ2v) is 2.81. The average Bonchev–Trinajstić information content (AvgIpc) is 2.29. The molecule has 1 heterocycles. The minimum atomic E-state index is -0.109. The lowest BCUT2D eigenvalue weighted by molar-refractivity contribution is 0.914. The molecular weight excluding hydrogens is 208 g/mol. The Kier molecular flexibility index (Phi) is 3.90. The number of nitrogen functional groups attached to an aromatic ring is 1. The molecule has 1 aromatic rings. The lowest BCUT2D eigenvalue weighted by Gasteiger charge is -1.99. The van der Waals surface area contributed by atoms with Gasteiger partial charge in [-0.25, -0.2) is 4.98 Å². The van der Waals surface area contributed by atoms with Gasteiger partial charge in [0.25, 0.3) is 5.96 Å². The highest BCUT2D eigenvalue weighted by molar-refractivity contribution is 5.92. The Morgan fingerprint density at radius 2 is 2.12 bits per heavy atom. The van der Waals surface area contributed by atoms with Crippen molar-refractivity contribution in [3.05, 3.63) is 29.6 Å². The predicted octanol–water partition coefficient (Wildman–Crippen LogP) is -0.494. The highest BCUT2D eigenvalue weighted by Gasteiger charge is 1.99. The van der Waals surface area contributed by atoms with Crippen LogP contribution in [0.25, 0.3) is 0 Å². The number of nitrogens with zero attached hydrogens (tertiary/aromatic N) is 4. The van der Waals surface area contributed by atoms with Crippen molar-refractivity contribution in [1.29, 1.82) is 5.41 Å². The number of hydrazone groups is 1. The topological polar surface area (TPSA) is 152 Å². The summed E-state index contributed by atoms with van der Waals surface area (Å²) in [5.74, 6) is 4.66. The second-order valence-electron chi connectivity index (χ2n) is 2.81. The zero-order chi connectivity index (χ0) is 12.0. The molecule has 0 radical (unpaired) electrons. The van der Waals surface area contributed by atoms with E-state index in [1.54, 1.807) is 18.2 Å². The van der Waals surface area contributed by atoms with E-state index in [-0.39, 0.29) is 18.3 Å². The molecule has 0 spiro atoms. The largest absolute Gasteiger partial charge is 0.382 e. The smallest absolute Gasteiger partial charge is 0.255 e. The van der Waals surface area contributed by atoms with E-state index >= 15 is 0 Å². The second kappa shape index (κ2) is 5.39. The van der Waals surface area contributed by atoms with Gasteiger partial charge in [0.2, 0.25) is 0 Å². The molecule has 0 unspecified atom stereocenters. The van der Waals surface area contributed by atoms with Gasteiger partial charge < -0.3 is 17.3 Å². The SMILES string of the molecule is N=C(N)c1cccc(CN=N/C(N)=N/N)n1. The van der Waals surface area contributed by atoms with Gasteiger partial charge in [-0.1, -0.05) is 6.07 Å². The first-order chi connectivity index (χ1) is 7.63. The van der Waals surface area contributed by atoms with E-state index in [4.69, 9.17) is 22.7 Å². The van der Waals surface area contributed by atoms with E-state index in [0.717, 1.165) is 0 Å². The fourth-order valence-corrected chi connectivity index (χ4v) is 0.924. The van der Waals surface area contributed by atoms with Crippen molar-refractivity contribution in [2.45, 2.75) is 6.54 Å². The molecule has 1 aromatic heterocycles. The quantitative estimate of drug-likeness (QED) is 0.178. The Labute approximate surface area is 91.8 Å². The summed E-state index contributed by atoms with van der Waals surface area (Å²) >= 11 is 0. The van der Waals surface area contributed by atoms with Crippen LogP contribution in [0, 0.1) is 5.41 Å². The minimum absolute atomic E-state index is 0.0955. The maximum atomic E-state index is 7.21. The molecule has 0 aliphatic carbocycles. The molecule has 16 heavy (non-hydrogen) atoms. The molecule has 0 aliphatic rings. The number of azo groups is 1. The third kappa shape index (κ3) is 3.33. The summed E-state index contributed by atoms with van der Waals surface area (Å²) in [6.45, 7) is 0.220. The van der Waals surface area contributed by atoms with Crippen molar-refractivity contribution in [1.82, 2.24) is 4.98 Å². The Hall–Kier alpha value is -2.51. The van der Waals surface area contributed by atoms with Crippen molar-refractivity contribution < 1.29 is 0 Å². The van der Waals surface area contributed by atoms with Gasteiger partial charge in [0.1, 0.15) is 18.1 Å². The first kappa shape index (κ1) is 11.6. The maximum Gasteiger partial charge on any atom is 0.255 e. The first-order valence-electron chi connectivity index (χ1n) is 4.34. The van der Waals surface area contributed by atoms with Gasteiger partial charge in [-0.15, -0.1) is 10.2 Å². The minimum Gasteiger partial charge on any atom is -0.382 e. The number of hydrogen-bond donors (Lipinski definition) is 4. The Morgan fingerprint density at radius 3 is 2.75 bits per heavy atom. The molecule has 1 rings (SSSR count). The first-order valence-corrected chi connectivity index (χ1v) is 4.34. The van der Waals surface area contributed by atoms with Crippen molar-refractivity contribution >= 4 is 11.8 Å². The van der Waals surface area contributed by atoms with Crippen molar-refractivity contribution in [3.8, 4) is 0 Å². The van der Waals surface area contributed by atoms with Crippen LogP contribution < -0.4 is 17.3 Å². The molecule has 8 nitrogen and oxygen atoms in total. The third-order valence-electron chi connectivity index (χ3n) is 1.62. The molecule has 0 fully saturated rings. The molecule has 7 N–H and O–H groups in total. The van der Waals surface area contributed by atoms with Crippen LogP contribution in [0.15, 0.2) is 33.5 Å². The molecule has 0 atom stereocenters. The highest BCUT2D eigenvalue weighted by atomic mass is 15.3. The molecule has 0 saturated carbocycles. The van der Waals surface area contributed by atoms with Gasteiger partial charge in [-0.2, -0.15) is 5.11 Å². The summed E-state index contributed by atoms with van der Waals surface area (Å²) in [6, 6.07) is 5.11. The molecule has 0 aliphatic heterocycles. The van der Waals surface area contributed by atoms with E-state index in [0.29, 0.717) is 11.4 Å². The average molecular weight is 220 g/mol. The molecule has 0 aromatic carbocycles. The summed E-state index contributed by atoms with van der Waals surface area (Å²) in [7, 11) is 0. The highest BCUT2D eigenvalue weighted by Crippen LogP contribution is 2.00. The van der Waals surface area contributed by atoms with Crippen molar-refractivity contribution in [2.75, 3.05) is 0 Å². The van der Waals surface area contributed by atoms with Crippen LogP contribution in [-0.2, 0) is 6.54 Å². The molecule has 8 heteroatoms. The van der Waals surface area contributed by atoms with E-state index in [9.17, 15) is 0 Å². The standard InChI is InChI=1S/C8H12N8/c9-7(10)6-3-1-2-5(14-6)4-13-16-8(11)15-12/h1-3H,4,12H2,(H3,9,10)(H2,11,15). The van der Waals surface area contributed by atoms with Gasteiger partial charge in [-0.05, 0) is 12.1 Å². The number of aromatic nitrogens is 1. The molecule has 0 amide bonds. The van der Waals surface area contributed by atoms with Crippen LogP contribution in [0.4, 0.5) is 0 Å². The lowest BCUT2D eigenvalue weighted by Crippen LogP contribution is -2.13. The Morgan fingerprint density at radius 1 is 1.38 bits per heavy atom. The predicted molar refractivity (Wildman–Crippen MR) is 59.6 cm³/mol. The number of guanidine groups is 1. The normalized spacial score (nSPS) is 11.9. The fraction of sp³-hybridized carbons (Fsp3) is 0.125. The molecule has 84 valence electrons. The van der Waals surface area contributed by atoms with E-state index in [1.807, 2.05) is 0 Å². The van der Waals surface area contributed by atoms with Gasteiger partial charge in [-0.3, -0.25) is 5.41 Å². The number of rotatable bonds is 3. The van der Waals surface area contributed by atoms with Crippen LogP contribution >= 0.6 is 0 Å². The zero-order valence-corrected chi connectivity index (χ0v) is 8.46. The number of nitrogens with one attached hydrogen (secondary N) is 1. The van der Waals surface area contributed by atoms with Crippen LogP contribution in [-0.4, -0.2) is 16.8 Å². The van der Waals surface area contributed by atoms with Crippen LogP contribution in [0.5, 0.6) is 0 Å². The monoisotopic (exact) mass is 220 g/mol. The lowest BCUT2D eigenvalue weighted by atomic mass is 10.3. The van der Waals surface area contributed by atoms with Crippen molar-refractivity contribution in [3.63, 3.8) is 0 Å². The van der Waals surface area contributed by atoms with Crippen LogP contribution in [0.2, 0.25) is 0 Å². The Bertz CT molecular complexity index is 435. The fourth-order valence-electron chi connectivity index (χ4n) is 0.924. The summed E-state index contributed by atoms with van der Waals surface area (Å²) in [5, 5.41) is 17.6. The van der Waals surface area contributed by atoms with Crippen LogP contribution in [0.1, 0.15) is 11.4 Å². The van der Waals surface area contributed by atoms with Gasteiger partial charge in [0.05, 0.1) is 5.69 Å². The number of amidine groups is 1. The van der Waals surface area contributed by atoms with Crippen molar-refractivity contribution in [2.24, 2.45) is 32.6 Å². The summed E-state index contributed by atoms with van der Waals surface area (Å²) in [4.78, 5) is 4.08. The number of hydrogen-bond acceptors (Lipinski definition) is 5. The summed E-state index contributed by atoms with van der Waals surface area (Å²) < 4.78 is 0. The molecular formula is C8H12N8. The van der Waals surface area contributed by atoms with Gasteiger partial charge in [0.15, 0.2) is 0 Å². The number of nitrogens with two attached hydrogens (primary N) is 3. The van der Waals surface area contributed by atoms with E-state index in [2.05, 4.69) is 20.3 Å². The number of pyridine rings is 1. The summed E-state index contributed by atoms with van der Waals surface area (Å²) in [5.41, 5.74) is 11.5. The van der Waals surface area contributed by atoms with Crippen LogP contribution in [0.3, 0.4) is 0 Å². The van der Waals surface area contributed by atoms with Gasteiger partial charge in [0, 0.05) is 0 Å². The third-order valence-corrected chi connectivity index (χ3v) is 1.62. The zero-order valence-electron chi connectivity index (χ0n) is 8.46.